The third-order valence-electron chi connectivity index (χ3n) is 6.01. The SMILES string of the molecule is C[C@@H]1/C=C\C(=O)[C@@H](C)[C@@H](O)C/C=C/c2cc(N3CCOCC3)cc(O)c2C(=O)O[C@H]1C. The Bertz CT molecular complexity index is 871. The molecule has 2 aliphatic rings. The minimum absolute atomic E-state index is 0.0898. The Kier molecular flexibility index (Phi) is 7.51. The number of ether oxygens (including phenoxy) is 2. The average molecular weight is 430 g/mol. The van der Waals surface area contributed by atoms with E-state index in [0.29, 0.717) is 31.9 Å². The monoisotopic (exact) mass is 429 g/mol. The van der Waals surface area contributed by atoms with Gasteiger partial charge in [0, 0.05) is 36.7 Å². The molecule has 1 saturated heterocycles. The lowest BCUT2D eigenvalue weighted by Crippen LogP contribution is -2.36. The Balaban J connectivity index is 2.01. The van der Waals surface area contributed by atoms with Gasteiger partial charge in [-0.25, -0.2) is 4.79 Å². The van der Waals surface area contributed by atoms with E-state index >= 15 is 0 Å². The topological polar surface area (TPSA) is 96.3 Å². The number of aliphatic hydroxyl groups is 1. The number of phenols is 1. The number of aliphatic hydroxyl groups excluding tert-OH is 1. The van der Waals surface area contributed by atoms with Crippen LogP contribution >= 0.6 is 0 Å². The molecule has 31 heavy (non-hydrogen) atoms. The highest BCUT2D eigenvalue weighted by Gasteiger charge is 2.25. The molecule has 0 bridgehead atoms. The number of anilines is 1. The van der Waals surface area contributed by atoms with E-state index in [4.69, 9.17) is 9.47 Å². The van der Waals surface area contributed by atoms with Crippen LogP contribution in [0.4, 0.5) is 5.69 Å². The van der Waals surface area contributed by atoms with Crippen LogP contribution in [0, 0.1) is 11.8 Å². The van der Waals surface area contributed by atoms with Gasteiger partial charge in [0.15, 0.2) is 5.78 Å². The van der Waals surface area contributed by atoms with Crippen LogP contribution in [0.1, 0.15) is 43.1 Å². The van der Waals surface area contributed by atoms with Crippen molar-refractivity contribution in [2.24, 2.45) is 11.8 Å². The lowest BCUT2D eigenvalue weighted by Gasteiger charge is -2.29. The van der Waals surface area contributed by atoms with Gasteiger partial charge in [0.1, 0.15) is 17.4 Å². The maximum atomic E-state index is 12.9. The first-order valence-electron chi connectivity index (χ1n) is 10.7. The lowest BCUT2D eigenvalue weighted by atomic mass is 9.94. The summed E-state index contributed by atoms with van der Waals surface area (Å²) in [6, 6.07) is 3.41. The zero-order valence-electron chi connectivity index (χ0n) is 18.3. The number of morpholine rings is 1. The Hall–Kier alpha value is -2.64. The van der Waals surface area contributed by atoms with E-state index in [1.807, 2.05) is 13.0 Å². The van der Waals surface area contributed by atoms with Gasteiger partial charge < -0.3 is 24.6 Å². The standard InChI is InChI=1S/C24H31NO6/c1-15-7-8-21(27)16(2)20(26)6-4-5-18-13-19(25-9-11-30-12-10-25)14-22(28)23(18)24(29)31-17(15)3/h4-5,7-8,13-17,20,26,28H,6,9-12H2,1-3H3/b5-4+,8-7-/t15-,16+,17+,20+/m1/s1. The van der Waals surface area contributed by atoms with E-state index in [1.54, 1.807) is 38.1 Å². The van der Waals surface area contributed by atoms with E-state index in [0.717, 1.165) is 5.69 Å². The quantitative estimate of drug-likeness (QED) is 0.663. The normalized spacial score (nSPS) is 30.1. The van der Waals surface area contributed by atoms with Crippen molar-refractivity contribution in [1.82, 2.24) is 0 Å². The fourth-order valence-electron chi connectivity index (χ4n) is 3.61. The molecule has 4 atom stereocenters. The van der Waals surface area contributed by atoms with Crippen LogP contribution in [0.5, 0.6) is 5.75 Å². The molecule has 7 heteroatoms. The van der Waals surface area contributed by atoms with E-state index in [1.165, 1.54) is 6.08 Å². The summed E-state index contributed by atoms with van der Waals surface area (Å²) in [7, 11) is 0. The summed E-state index contributed by atoms with van der Waals surface area (Å²) in [5.41, 5.74) is 1.38. The molecule has 0 saturated carbocycles. The number of esters is 1. The second kappa shape index (κ2) is 10.1. The summed E-state index contributed by atoms with van der Waals surface area (Å²) in [5.74, 6) is -1.72. The third-order valence-corrected chi connectivity index (χ3v) is 6.01. The number of nitrogens with zero attached hydrogens (tertiary/aromatic N) is 1. The summed E-state index contributed by atoms with van der Waals surface area (Å²) in [4.78, 5) is 27.4. The van der Waals surface area contributed by atoms with Crippen molar-refractivity contribution in [3.63, 3.8) is 0 Å². The maximum Gasteiger partial charge on any atom is 0.342 e. The molecule has 1 aromatic carbocycles. The number of rotatable bonds is 1. The highest BCUT2D eigenvalue weighted by molar-refractivity contribution is 5.97. The number of aromatic hydroxyl groups is 1. The maximum absolute atomic E-state index is 12.9. The Morgan fingerprint density at radius 3 is 2.48 bits per heavy atom. The summed E-state index contributed by atoms with van der Waals surface area (Å²) >= 11 is 0. The third kappa shape index (κ3) is 5.54. The molecular formula is C24H31NO6. The minimum Gasteiger partial charge on any atom is -0.507 e. The molecule has 1 aromatic rings. The molecule has 0 spiro atoms. The number of carbonyl (C=O) groups is 2. The van der Waals surface area contributed by atoms with Crippen LogP contribution in [0.15, 0.2) is 30.4 Å². The molecular weight excluding hydrogens is 398 g/mol. The number of hydrogen-bond donors (Lipinski definition) is 2. The number of ketones is 1. The molecule has 168 valence electrons. The molecule has 0 aromatic heterocycles. The van der Waals surface area contributed by atoms with Gasteiger partial charge in [-0.15, -0.1) is 0 Å². The van der Waals surface area contributed by atoms with E-state index < -0.39 is 24.1 Å². The molecule has 3 rings (SSSR count). The zero-order valence-corrected chi connectivity index (χ0v) is 18.3. The van der Waals surface area contributed by atoms with Gasteiger partial charge >= 0.3 is 5.97 Å². The van der Waals surface area contributed by atoms with Crippen molar-refractivity contribution in [3.05, 3.63) is 41.5 Å². The van der Waals surface area contributed by atoms with Crippen LogP contribution in [0.25, 0.3) is 6.08 Å². The second-order valence-electron chi connectivity index (χ2n) is 8.25. The van der Waals surface area contributed by atoms with Crippen LogP contribution in [-0.4, -0.2) is 60.5 Å². The predicted octanol–water partition coefficient (Wildman–Crippen LogP) is 2.95. The Morgan fingerprint density at radius 2 is 1.77 bits per heavy atom. The molecule has 0 radical (unpaired) electrons. The second-order valence-corrected chi connectivity index (χ2v) is 8.25. The molecule has 0 aliphatic carbocycles. The first kappa shape index (κ1) is 23.0. The molecule has 7 nitrogen and oxygen atoms in total. The minimum atomic E-state index is -0.851. The van der Waals surface area contributed by atoms with Crippen molar-refractivity contribution in [2.45, 2.75) is 39.4 Å². The first-order valence-corrected chi connectivity index (χ1v) is 10.7. The highest BCUT2D eigenvalue weighted by Crippen LogP contribution is 2.32. The molecule has 0 amide bonds. The largest absolute Gasteiger partial charge is 0.507 e. The average Bonchev–Trinajstić information content (AvgIpc) is 2.76. The number of allylic oxidation sites excluding steroid dienone is 1. The fraction of sp³-hybridized carbons (Fsp3) is 0.500. The Labute approximate surface area is 183 Å². The van der Waals surface area contributed by atoms with Crippen molar-refractivity contribution < 1.29 is 29.3 Å². The van der Waals surface area contributed by atoms with Gasteiger partial charge in [0.2, 0.25) is 0 Å². The molecule has 2 N–H and O–H groups in total. The van der Waals surface area contributed by atoms with Gasteiger partial charge in [-0.2, -0.15) is 0 Å². The fourth-order valence-corrected chi connectivity index (χ4v) is 3.61. The summed E-state index contributed by atoms with van der Waals surface area (Å²) in [6.07, 6.45) is 5.42. The van der Waals surface area contributed by atoms with E-state index in [2.05, 4.69) is 4.90 Å². The predicted molar refractivity (Wildman–Crippen MR) is 118 cm³/mol. The van der Waals surface area contributed by atoms with Crippen LogP contribution in [0.2, 0.25) is 0 Å². The highest BCUT2D eigenvalue weighted by atomic mass is 16.5. The van der Waals surface area contributed by atoms with Crippen LogP contribution in [-0.2, 0) is 14.3 Å². The number of benzene rings is 1. The number of cyclic esters (lactones) is 1. The van der Waals surface area contributed by atoms with Gasteiger partial charge in [-0.3, -0.25) is 4.79 Å². The number of phenolic OH excluding ortho intramolecular Hbond substituents is 1. The molecule has 0 unspecified atom stereocenters. The number of carbonyl (C=O) groups excluding carboxylic acids is 2. The zero-order chi connectivity index (χ0) is 22.5. The van der Waals surface area contributed by atoms with E-state index in [9.17, 15) is 19.8 Å². The molecule has 2 heterocycles. The van der Waals surface area contributed by atoms with Crippen molar-refractivity contribution in [3.8, 4) is 5.75 Å². The molecule has 1 fully saturated rings. The van der Waals surface area contributed by atoms with E-state index in [-0.39, 0.29) is 29.4 Å². The van der Waals surface area contributed by atoms with Crippen LogP contribution in [0.3, 0.4) is 0 Å². The smallest absolute Gasteiger partial charge is 0.342 e. The van der Waals surface area contributed by atoms with Crippen molar-refractivity contribution in [2.75, 3.05) is 31.2 Å². The van der Waals surface area contributed by atoms with Gasteiger partial charge in [0.05, 0.1) is 19.3 Å². The van der Waals surface area contributed by atoms with Crippen LogP contribution < -0.4 is 4.90 Å². The first-order chi connectivity index (χ1) is 14.8. The number of hydrogen-bond acceptors (Lipinski definition) is 7. The summed E-state index contributed by atoms with van der Waals surface area (Å²) in [6.45, 7) is 7.85. The van der Waals surface area contributed by atoms with Gasteiger partial charge in [0.25, 0.3) is 0 Å². The lowest BCUT2D eigenvalue weighted by molar-refractivity contribution is -0.120. The van der Waals surface area contributed by atoms with Gasteiger partial charge in [-0.05, 0) is 31.1 Å². The summed E-state index contributed by atoms with van der Waals surface area (Å²) < 4.78 is 11.0. The van der Waals surface area contributed by atoms with Crippen molar-refractivity contribution >= 4 is 23.5 Å². The van der Waals surface area contributed by atoms with Gasteiger partial charge in [-0.1, -0.05) is 32.1 Å². The summed E-state index contributed by atoms with van der Waals surface area (Å²) in [5, 5.41) is 21.1. The van der Waals surface area contributed by atoms with Crippen molar-refractivity contribution in [1.29, 1.82) is 0 Å². The Morgan fingerprint density at radius 1 is 1.06 bits per heavy atom. The molecule has 2 aliphatic heterocycles. The number of fused-ring (bicyclic) bond motifs is 1.